The van der Waals surface area contributed by atoms with Crippen molar-refractivity contribution in [2.45, 2.75) is 197 Å². The maximum atomic E-state index is 12.2. The number of ether oxygens (including phenoxy) is 5. The fraction of sp³-hybridized carbons (Fsp3) is 1.00. The molecular weight excluding hydrogens is 716 g/mol. The molecule has 14 nitrogen and oxygen atoms in total. The molecule has 14 heteroatoms. The standard InChI is InChI=1S/C41H68O14/c1-35(2)24(54-33-29(48)26(45)20(44)17-51-33)9-11-41-18-40(41)13-12-37(5)31(39(7)10-8-25(55-39)36(3,4)50)19(43)15-38(37,6)23(40)14-21(32(35)41)52-34-30(49)28(47)27(46)22(16-42)53-34/h19-34,42-50H,8-18H2,1-7H3/t19-,20+,21-,22?,23+,24?,25-,26?,27-,28?,29?,30?,31?,32-,33-,34-,37+,38-,39+,40-,41+/m0/s1. The molecule has 21 atom stereocenters. The molecule has 0 radical (unpaired) electrons. The van der Waals surface area contributed by atoms with Gasteiger partial charge in [-0.15, -0.1) is 0 Å². The van der Waals surface area contributed by atoms with Gasteiger partial charge in [-0.3, -0.25) is 0 Å². The molecule has 5 saturated carbocycles. The topological polar surface area (TPSA) is 228 Å². The summed E-state index contributed by atoms with van der Waals surface area (Å²) in [6.07, 6.45) is -7.48. The van der Waals surface area contributed by atoms with E-state index in [1.807, 2.05) is 0 Å². The van der Waals surface area contributed by atoms with Crippen LogP contribution in [-0.2, 0) is 23.7 Å². The second kappa shape index (κ2) is 13.2. The summed E-state index contributed by atoms with van der Waals surface area (Å²) in [6, 6.07) is 0. The predicted octanol–water partition coefficient (Wildman–Crippen LogP) is 0.724. The lowest BCUT2D eigenvalue weighted by Crippen LogP contribution is -2.65. The maximum absolute atomic E-state index is 12.2. The van der Waals surface area contributed by atoms with Gasteiger partial charge in [0.05, 0.1) is 48.8 Å². The Balaban J connectivity index is 1.15. The van der Waals surface area contributed by atoms with Gasteiger partial charge in [0.1, 0.15) is 42.7 Å². The van der Waals surface area contributed by atoms with Crippen molar-refractivity contribution in [3.05, 3.63) is 0 Å². The van der Waals surface area contributed by atoms with Crippen LogP contribution in [0.4, 0.5) is 0 Å². The number of rotatable bonds is 7. The fourth-order valence-corrected chi connectivity index (χ4v) is 14.9. The number of aliphatic hydroxyl groups is 9. The van der Waals surface area contributed by atoms with E-state index in [1.54, 1.807) is 13.8 Å². The van der Waals surface area contributed by atoms with Crippen LogP contribution in [0.15, 0.2) is 0 Å². The monoisotopic (exact) mass is 784 g/mol. The van der Waals surface area contributed by atoms with Crippen LogP contribution < -0.4 is 0 Å². The van der Waals surface area contributed by atoms with E-state index in [1.165, 1.54) is 0 Å². The van der Waals surface area contributed by atoms with Gasteiger partial charge in [-0.1, -0.05) is 27.7 Å². The molecule has 0 bridgehead atoms. The summed E-state index contributed by atoms with van der Waals surface area (Å²) >= 11 is 0. The van der Waals surface area contributed by atoms with Crippen LogP contribution in [0.25, 0.3) is 0 Å². The van der Waals surface area contributed by atoms with Crippen molar-refractivity contribution in [2.75, 3.05) is 13.2 Å². The summed E-state index contributed by atoms with van der Waals surface area (Å²) in [5, 5.41) is 97.2. The Labute approximate surface area is 324 Å². The van der Waals surface area contributed by atoms with E-state index >= 15 is 0 Å². The van der Waals surface area contributed by atoms with Gasteiger partial charge in [0.2, 0.25) is 0 Å². The molecule has 3 aliphatic heterocycles. The van der Waals surface area contributed by atoms with Crippen LogP contribution in [0.1, 0.15) is 106 Å². The van der Waals surface area contributed by atoms with E-state index < -0.39 is 96.8 Å². The molecule has 2 spiro atoms. The Morgan fingerprint density at radius 3 is 2.05 bits per heavy atom. The zero-order valence-corrected chi connectivity index (χ0v) is 33.6. The molecule has 8 aliphatic rings. The Morgan fingerprint density at radius 1 is 0.709 bits per heavy atom. The van der Waals surface area contributed by atoms with Gasteiger partial charge in [0, 0.05) is 5.92 Å². The van der Waals surface area contributed by atoms with Crippen molar-refractivity contribution in [1.29, 1.82) is 0 Å². The van der Waals surface area contributed by atoms with Crippen LogP contribution in [0.5, 0.6) is 0 Å². The van der Waals surface area contributed by atoms with E-state index in [0.29, 0.717) is 25.7 Å². The molecule has 0 aromatic rings. The van der Waals surface area contributed by atoms with Gasteiger partial charge in [-0.2, -0.15) is 0 Å². The molecule has 3 heterocycles. The third-order valence-corrected chi connectivity index (χ3v) is 17.6. The van der Waals surface area contributed by atoms with Gasteiger partial charge in [0.25, 0.3) is 0 Å². The highest BCUT2D eigenvalue weighted by molar-refractivity contribution is 5.33. The van der Waals surface area contributed by atoms with Gasteiger partial charge < -0.3 is 69.6 Å². The Morgan fingerprint density at radius 2 is 1.40 bits per heavy atom. The van der Waals surface area contributed by atoms with Gasteiger partial charge in [-0.25, -0.2) is 0 Å². The molecule has 9 N–H and O–H groups in total. The normalized spacial score (nSPS) is 58.7. The lowest BCUT2D eigenvalue weighted by atomic mass is 9.41. The average Bonchev–Trinajstić information content (AvgIpc) is 3.47. The first-order chi connectivity index (χ1) is 25.5. The van der Waals surface area contributed by atoms with Crippen molar-refractivity contribution in [3.63, 3.8) is 0 Å². The van der Waals surface area contributed by atoms with Gasteiger partial charge >= 0.3 is 0 Å². The third-order valence-electron chi connectivity index (χ3n) is 17.6. The van der Waals surface area contributed by atoms with Crippen LogP contribution >= 0.6 is 0 Å². The highest BCUT2D eigenvalue weighted by atomic mass is 16.7. The van der Waals surface area contributed by atoms with E-state index in [4.69, 9.17) is 23.7 Å². The average molecular weight is 785 g/mol. The molecular formula is C41H68O14. The molecule has 3 saturated heterocycles. The van der Waals surface area contributed by atoms with E-state index in [0.717, 1.165) is 32.1 Å². The van der Waals surface area contributed by atoms with Crippen molar-refractivity contribution in [2.24, 2.45) is 44.8 Å². The molecule has 316 valence electrons. The Hall–Kier alpha value is -0.560. The van der Waals surface area contributed by atoms with E-state index in [9.17, 15) is 46.0 Å². The predicted molar refractivity (Wildman–Crippen MR) is 194 cm³/mol. The first-order valence-corrected chi connectivity index (χ1v) is 20.9. The second-order valence-corrected chi connectivity index (χ2v) is 21.1. The molecule has 0 aromatic carbocycles. The SMILES string of the molecule is CC(C)(O)[C@@H]1CC[C@](C)(C2[C@@H](O)C[C@@]3(C)[C@H]4C[C@H](O[C@H]5OC(CO)[C@H](O)C(O)C5O)[C@H]5C(C)(C)C(O[C@@H]6OC[C@@H](O)C(O)C6O)CC[C@@]56C[C@@]46CC[C@]23C)O1. The molecule has 0 aromatic heterocycles. The van der Waals surface area contributed by atoms with Crippen LogP contribution in [-0.4, -0.2) is 150 Å². The minimum atomic E-state index is -1.60. The lowest BCUT2D eigenvalue weighted by Gasteiger charge is -2.65. The quantitative estimate of drug-likeness (QED) is 0.162. The fourth-order valence-electron chi connectivity index (χ4n) is 14.9. The lowest BCUT2D eigenvalue weighted by molar-refractivity contribution is -0.339. The molecule has 8 fully saturated rings. The minimum Gasteiger partial charge on any atom is -0.394 e. The molecule has 8 rings (SSSR count). The maximum Gasteiger partial charge on any atom is 0.186 e. The number of hydrogen-bond acceptors (Lipinski definition) is 14. The molecule has 5 aliphatic carbocycles. The zero-order valence-electron chi connectivity index (χ0n) is 33.6. The first kappa shape index (κ1) is 41.2. The van der Waals surface area contributed by atoms with Crippen LogP contribution in [0, 0.1) is 44.8 Å². The molecule has 0 amide bonds. The Bertz CT molecular complexity index is 1460. The van der Waals surface area contributed by atoms with Crippen molar-refractivity contribution >= 4 is 0 Å². The van der Waals surface area contributed by atoms with Crippen molar-refractivity contribution in [3.8, 4) is 0 Å². The van der Waals surface area contributed by atoms with Gasteiger partial charge in [-0.05, 0) is 117 Å². The van der Waals surface area contributed by atoms with E-state index in [2.05, 4.69) is 34.6 Å². The number of hydrogen-bond donors (Lipinski definition) is 9. The summed E-state index contributed by atoms with van der Waals surface area (Å²) < 4.78 is 31.9. The van der Waals surface area contributed by atoms with Gasteiger partial charge in [0.15, 0.2) is 12.6 Å². The van der Waals surface area contributed by atoms with Crippen molar-refractivity contribution in [1.82, 2.24) is 0 Å². The summed E-state index contributed by atoms with van der Waals surface area (Å²) in [7, 11) is 0. The third kappa shape index (κ3) is 5.70. The summed E-state index contributed by atoms with van der Waals surface area (Å²) in [5.41, 5.74) is -3.16. The number of aliphatic hydroxyl groups excluding tert-OH is 8. The van der Waals surface area contributed by atoms with Crippen LogP contribution in [0.2, 0.25) is 0 Å². The van der Waals surface area contributed by atoms with E-state index in [-0.39, 0.29) is 52.1 Å². The first-order valence-electron chi connectivity index (χ1n) is 20.9. The summed E-state index contributed by atoms with van der Waals surface area (Å²) in [4.78, 5) is 0. The summed E-state index contributed by atoms with van der Waals surface area (Å²) in [6.45, 7) is 13.8. The zero-order chi connectivity index (χ0) is 40.1. The van der Waals surface area contributed by atoms with Crippen molar-refractivity contribution < 1.29 is 69.6 Å². The largest absolute Gasteiger partial charge is 0.394 e. The molecule has 7 unspecified atom stereocenters. The second-order valence-electron chi connectivity index (χ2n) is 21.1. The highest BCUT2D eigenvalue weighted by Gasteiger charge is 2.85. The Kier molecular flexibility index (Phi) is 9.90. The molecule has 55 heavy (non-hydrogen) atoms. The summed E-state index contributed by atoms with van der Waals surface area (Å²) in [5.74, 6) is -0.215. The van der Waals surface area contributed by atoms with Crippen LogP contribution in [0.3, 0.4) is 0 Å². The highest BCUT2D eigenvalue weighted by Crippen LogP contribution is 2.89. The smallest absolute Gasteiger partial charge is 0.186 e. The minimum absolute atomic E-state index is 0.0633. The number of fused-ring (bicyclic) bond motifs is 2.